The summed E-state index contributed by atoms with van der Waals surface area (Å²) < 4.78 is 1.09. The van der Waals surface area contributed by atoms with E-state index >= 15 is 0 Å². The second-order valence-electron chi connectivity index (χ2n) is 3.86. The number of nitrogens with one attached hydrogen (secondary N) is 1. The molecule has 0 bridgehead atoms. The Kier molecular flexibility index (Phi) is 3.59. The van der Waals surface area contributed by atoms with Crippen molar-refractivity contribution >= 4 is 23.2 Å². The van der Waals surface area contributed by atoms with Crippen molar-refractivity contribution in [3.63, 3.8) is 0 Å². The Hall–Kier alpha value is -1.52. The summed E-state index contributed by atoms with van der Waals surface area (Å²) in [7, 11) is 0. The van der Waals surface area contributed by atoms with E-state index in [9.17, 15) is 9.59 Å². The van der Waals surface area contributed by atoms with Gasteiger partial charge in [0.25, 0.3) is 5.56 Å². The molecule has 1 aromatic carbocycles. The van der Waals surface area contributed by atoms with Crippen LogP contribution >= 0.6 is 23.2 Å². The summed E-state index contributed by atoms with van der Waals surface area (Å²) in [6, 6.07) is 7.76. The van der Waals surface area contributed by atoms with Crippen molar-refractivity contribution in [3.05, 3.63) is 66.9 Å². The predicted molar refractivity (Wildman–Crippen MR) is 71.6 cm³/mol. The van der Waals surface area contributed by atoms with Crippen LogP contribution in [0.15, 0.2) is 39.9 Å². The van der Waals surface area contributed by atoms with Gasteiger partial charge in [0.15, 0.2) is 0 Å². The molecule has 0 fully saturated rings. The van der Waals surface area contributed by atoms with Crippen molar-refractivity contribution in [3.8, 4) is 0 Å². The van der Waals surface area contributed by atoms with E-state index in [4.69, 9.17) is 23.2 Å². The van der Waals surface area contributed by atoms with Crippen LogP contribution in [0.5, 0.6) is 0 Å². The molecule has 0 aliphatic rings. The molecule has 94 valence electrons. The molecule has 0 aliphatic carbocycles. The standard InChI is InChI=1S/C12H10Cl2N2O2/c1-7(8-3-2-4-9(13)5-8)16-11(17)6-10(14)15-12(16)18/h2-7H,1H3,(H,15,18). The zero-order valence-electron chi connectivity index (χ0n) is 9.48. The van der Waals surface area contributed by atoms with Crippen LogP contribution < -0.4 is 11.2 Å². The first-order valence-electron chi connectivity index (χ1n) is 5.26. The van der Waals surface area contributed by atoms with Gasteiger partial charge in [-0.2, -0.15) is 0 Å². The number of halogens is 2. The van der Waals surface area contributed by atoms with Crippen molar-refractivity contribution in [1.82, 2.24) is 9.55 Å². The van der Waals surface area contributed by atoms with Gasteiger partial charge in [-0.25, -0.2) is 4.79 Å². The van der Waals surface area contributed by atoms with Crippen LogP contribution in [-0.2, 0) is 0 Å². The van der Waals surface area contributed by atoms with Crippen LogP contribution in [0.2, 0.25) is 10.2 Å². The van der Waals surface area contributed by atoms with Gasteiger partial charge in [0, 0.05) is 11.1 Å². The van der Waals surface area contributed by atoms with Crippen molar-refractivity contribution in [2.24, 2.45) is 0 Å². The second-order valence-corrected chi connectivity index (χ2v) is 4.71. The van der Waals surface area contributed by atoms with Crippen molar-refractivity contribution in [2.45, 2.75) is 13.0 Å². The smallest absolute Gasteiger partial charge is 0.298 e. The van der Waals surface area contributed by atoms with E-state index in [-0.39, 0.29) is 5.15 Å². The highest BCUT2D eigenvalue weighted by Gasteiger charge is 2.13. The van der Waals surface area contributed by atoms with Gasteiger partial charge in [0.1, 0.15) is 5.15 Å². The van der Waals surface area contributed by atoms with E-state index in [2.05, 4.69) is 4.98 Å². The van der Waals surface area contributed by atoms with Crippen LogP contribution in [-0.4, -0.2) is 9.55 Å². The summed E-state index contributed by atoms with van der Waals surface area (Å²) in [4.78, 5) is 25.9. The third-order valence-corrected chi connectivity index (χ3v) is 3.09. The summed E-state index contributed by atoms with van der Waals surface area (Å²) in [5, 5.41) is 0.581. The molecule has 0 aliphatic heterocycles. The van der Waals surface area contributed by atoms with E-state index in [1.807, 2.05) is 0 Å². The molecule has 0 saturated heterocycles. The van der Waals surface area contributed by atoms with Crippen LogP contribution in [0, 0.1) is 0 Å². The summed E-state index contributed by atoms with van der Waals surface area (Å²) in [6.45, 7) is 1.75. The highest BCUT2D eigenvalue weighted by Crippen LogP contribution is 2.18. The molecule has 1 heterocycles. The zero-order chi connectivity index (χ0) is 13.3. The molecule has 1 aromatic heterocycles. The zero-order valence-corrected chi connectivity index (χ0v) is 11.0. The van der Waals surface area contributed by atoms with Crippen molar-refractivity contribution in [2.75, 3.05) is 0 Å². The monoisotopic (exact) mass is 284 g/mol. The van der Waals surface area contributed by atoms with Crippen molar-refractivity contribution in [1.29, 1.82) is 0 Å². The van der Waals surface area contributed by atoms with Crippen LogP contribution in [0.25, 0.3) is 0 Å². The maximum atomic E-state index is 11.8. The van der Waals surface area contributed by atoms with Gasteiger partial charge in [-0.15, -0.1) is 0 Å². The lowest BCUT2D eigenvalue weighted by molar-refractivity contribution is 0.578. The fraction of sp³-hybridized carbons (Fsp3) is 0.167. The topological polar surface area (TPSA) is 54.9 Å². The molecule has 2 rings (SSSR count). The average molecular weight is 285 g/mol. The Morgan fingerprint density at radius 3 is 2.56 bits per heavy atom. The molecular formula is C12H10Cl2N2O2. The van der Waals surface area contributed by atoms with Gasteiger partial charge < -0.3 is 0 Å². The number of nitrogens with zero attached hydrogens (tertiary/aromatic N) is 1. The quantitative estimate of drug-likeness (QED) is 0.862. The molecule has 1 atom stereocenters. The van der Waals surface area contributed by atoms with Gasteiger partial charge in [0.2, 0.25) is 0 Å². The molecule has 1 N–H and O–H groups in total. The molecule has 6 heteroatoms. The molecule has 1 unspecified atom stereocenters. The Morgan fingerprint density at radius 1 is 1.22 bits per heavy atom. The van der Waals surface area contributed by atoms with Crippen LogP contribution in [0.1, 0.15) is 18.5 Å². The van der Waals surface area contributed by atoms with Gasteiger partial charge >= 0.3 is 5.69 Å². The fourth-order valence-electron chi connectivity index (χ4n) is 1.76. The van der Waals surface area contributed by atoms with Gasteiger partial charge in [-0.1, -0.05) is 35.3 Å². The summed E-state index contributed by atoms with van der Waals surface area (Å²) >= 11 is 11.5. The van der Waals surface area contributed by atoms with Crippen LogP contribution in [0.4, 0.5) is 0 Å². The minimum absolute atomic E-state index is 0.0274. The lowest BCUT2D eigenvalue weighted by Gasteiger charge is -2.14. The molecule has 2 aromatic rings. The molecule has 0 amide bonds. The van der Waals surface area contributed by atoms with Crippen molar-refractivity contribution < 1.29 is 0 Å². The Morgan fingerprint density at radius 2 is 1.94 bits per heavy atom. The Bertz CT molecular complexity index is 660. The maximum Gasteiger partial charge on any atom is 0.330 e. The highest BCUT2D eigenvalue weighted by molar-refractivity contribution is 6.30. The summed E-state index contributed by atoms with van der Waals surface area (Å²) in [5.74, 6) is 0. The Balaban J connectivity index is 2.56. The maximum absolute atomic E-state index is 11.8. The molecule has 0 saturated carbocycles. The fourth-order valence-corrected chi connectivity index (χ4v) is 2.13. The second kappa shape index (κ2) is 5.00. The van der Waals surface area contributed by atoms with E-state index in [1.54, 1.807) is 31.2 Å². The number of rotatable bonds is 2. The number of H-pyrrole nitrogens is 1. The number of hydrogen-bond donors (Lipinski definition) is 1. The van der Waals surface area contributed by atoms with Crippen LogP contribution in [0.3, 0.4) is 0 Å². The normalized spacial score (nSPS) is 12.4. The summed E-state index contributed by atoms with van der Waals surface area (Å²) in [6.07, 6.45) is 0. The number of benzene rings is 1. The number of aromatic nitrogens is 2. The van der Waals surface area contributed by atoms with Gasteiger partial charge in [-0.3, -0.25) is 14.3 Å². The average Bonchev–Trinajstić information content (AvgIpc) is 2.27. The third kappa shape index (κ3) is 2.49. The third-order valence-electron chi connectivity index (χ3n) is 2.65. The summed E-state index contributed by atoms with van der Waals surface area (Å²) in [5.41, 5.74) is -0.214. The molecular weight excluding hydrogens is 275 g/mol. The molecule has 4 nitrogen and oxygen atoms in total. The lowest BCUT2D eigenvalue weighted by Crippen LogP contribution is -2.37. The lowest BCUT2D eigenvalue weighted by atomic mass is 10.1. The SMILES string of the molecule is CC(c1cccc(Cl)c1)n1c(=O)cc(Cl)[nH]c1=O. The van der Waals surface area contributed by atoms with E-state index in [1.165, 1.54) is 6.07 Å². The van der Waals surface area contributed by atoms with E-state index < -0.39 is 17.3 Å². The molecule has 18 heavy (non-hydrogen) atoms. The largest absolute Gasteiger partial charge is 0.330 e. The molecule has 0 radical (unpaired) electrons. The number of hydrogen-bond acceptors (Lipinski definition) is 2. The highest BCUT2D eigenvalue weighted by atomic mass is 35.5. The number of aromatic amines is 1. The van der Waals surface area contributed by atoms with Gasteiger partial charge in [-0.05, 0) is 24.6 Å². The minimum Gasteiger partial charge on any atom is -0.298 e. The predicted octanol–water partition coefficient (Wildman–Crippen LogP) is 2.45. The first kappa shape index (κ1) is 12.9. The molecule has 0 spiro atoms. The van der Waals surface area contributed by atoms with E-state index in [0.717, 1.165) is 10.1 Å². The minimum atomic E-state index is -0.542. The first-order chi connectivity index (χ1) is 8.49. The van der Waals surface area contributed by atoms with E-state index in [0.29, 0.717) is 5.02 Å². The van der Waals surface area contributed by atoms with Gasteiger partial charge in [0.05, 0.1) is 6.04 Å². The first-order valence-corrected chi connectivity index (χ1v) is 6.01. The Labute approximate surface area is 113 Å².